The molecule has 1 heterocycles. The summed E-state index contributed by atoms with van der Waals surface area (Å²) in [5.41, 5.74) is -3.90. The Labute approximate surface area is 306 Å². The molecule has 0 aliphatic heterocycles. The Kier molecular flexibility index (Phi) is 14.2. The molecule has 53 heavy (non-hydrogen) atoms. The quantitative estimate of drug-likeness (QED) is 0.0809. The fourth-order valence-corrected chi connectivity index (χ4v) is 6.65. The standard InChI is InChI=1S/C36H41F9N4O3S/c1-4-48(19-24-5-7-25(8-6-24)21-51-22-50)32-10-9-28(34(37,38)39)15-27(32)20-49(33-46-17-31(18-47-33)52-11-12-53-3)23(2)26-13-29(35(40,41)42)16-30(14-26)36(43,44)45/h9-10,13-18,22-25H,4-8,11-12,19-21H2,1-3H3/t23-,24?,25?/m0/s1. The van der Waals surface area contributed by atoms with E-state index in [9.17, 15) is 44.3 Å². The Morgan fingerprint density at radius 1 is 0.868 bits per heavy atom. The molecule has 0 radical (unpaired) electrons. The van der Waals surface area contributed by atoms with Gasteiger partial charge in [0.25, 0.3) is 6.47 Å². The summed E-state index contributed by atoms with van der Waals surface area (Å²) in [5, 5.41) is 0. The largest absolute Gasteiger partial charge is 0.489 e. The number of halogens is 9. The molecule has 2 aromatic carbocycles. The number of carbonyl (C=O) groups is 1. The molecule has 0 N–H and O–H groups in total. The van der Waals surface area contributed by atoms with Crippen molar-refractivity contribution in [3.8, 4) is 5.75 Å². The van der Waals surface area contributed by atoms with Gasteiger partial charge in [-0.15, -0.1) is 0 Å². The lowest BCUT2D eigenvalue weighted by molar-refractivity contribution is -0.143. The normalized spacial score (nSPS) is 17.3. The van der Waals surface area contributed by atoms with Crippen molar-refractivity contribution < 1.29 is 53.8 Å². The van der Waals surface area contributed by atoms with Crippen molar-refractivity contribution in [1.82, 2.24) is 9.97 Å². The zero-order valence-corrected chi connectivity index (χ0v) is 30.1. The summed E-state index contributed by atoms with van der Waals surface area (Å²) in [6.45, 7) is 4.68. The van der Waals surface area contributed by atoms with Crippen LogP contribution in [0.5, 0.6) is 5.75 Å². The molecule has 1 fully saturated rings. The lowest BCUT2D eigenvalue weighted by atomic mass is 9.82. The summed E-state index contributed by atoms with van der Waals surface area (Å²) in [6.07, 6.45) is -7.37. The molecule has 1 aromatic heterocycles. The first-order valence-electron chi connectivity index (χ1n) is 16.9. The molecule has 1 aliphatic carbocycles. The first-order valence-corrected chi connectivity index (χ1v) is 18.3. The minimum absolute atomic E-state index is 0.0185. The van der Waals surface area contributed by atoms with Gasteiger partial charge in [-0.3, -0.25) is 4.79 Å². The summed E-state index contributed by atoms with van der Waals surface area (Å²) in [6, 6.07) is 3.14. The Balaban J connectivity index is 1.79. The van der Waals surface area contributed by atoms with Gasteiger partial charge in [0.1, 0.15) is 0 Å². The molecular weight excluding hydrogens is 739 g/mol. The number of thioether (sulfide) groups is 1. The van der Waals surface area contributed by atoms with Crippen LogP contribution >= 0.6 is 11.8 Å². The molecule has 1 atom stereocenters. The highest BCUT2D eigenvalue weighted by atomic mass is 32.2. The number of ether oxygens (including phenoxy) is 2. The van der Waals surface area contributed by atoms with Crippen molar-refractivity contribution in [2.24, 2.45) is 11.8 Å². The van der Waals surface area contributed by atoms with Gasteiger partial charge in [-0.1, -0.05) is 0 Å². The maximum absolute atomic E-state index is 14.1. The van der Waals surface area contributed by atoms with Gasteiger partial charge in [-0.05, 0) is 105 Å². The molecule has 3 aromatic rings. The molecular formula is C36H41F9N4O3S. The van der Waals surface area contributed by atoms with Crippen LogP contribution in [0.4, 0.5) is 51.1 Å². The molecule has 4 rings (SSSR count). The van der Waals surface area contributed by atoms with E-state index in [1.165, 1.54) is 42.0 Å². The maximum Gasteiger partial charge on any atom is 0.416 e. The predicted molar refractivity (Wildman–Crippen MR) is 184 cm³/mol. The van der Waals surface area contributed by atoms with Gasteiger partial charge in [0, 0.05) is 31.1 Å². The number of hydrogen-bond acceptors (Lipinski definition) is 8. The summed E-state index contributed by atoms with van der Waals surface area (Å²) in [4.78, 5) is 22.4. The third kappa shape index (κ3) is 11.5. The Hall–Kier alpha value is -3.89. The zero-order valence-electron chi connectivity index (χ0n) is 29.3. The number of alkyl halides is 9. The summed E-state index contributed by atoms with van der Waals surface area (Å²) in [5.74, 6) is 1.12. The third-order valence-electron chi connectivity index (χ3n) is 9.30. The highest BCUT2D eigenvalue weighted by Crippen LogP contribution is 2.41. The summed E-state index contributed by atoms with van der Waals surface area (Å²) in [7, 11) is 0. The van der Waals surface area contributed by atoms with E-state index < -0.39 is 53.4 Å². The average Bonchev–Trinajstić information content (AvgIpc) is 3.11. The minimum atomic E-state index is -5.12. The highest BCUT2D eigenvalue weighted by Gasteiger charge is 2.38. The maximum atomic E-state index is 14.1. The summed E-state index contributed by atoms with van der Waals surface area (Å²) < 4.78 is 136. The fourth-order valence-electron chi connectivity index (χ4n) is 6.40. The van der Waals surface area contributed by atoms with E-state index >= 15 is 0 Å². The molecule has 0 unspecified atom stereocenters. The monoisotopic (exact) mass is 780 g/mol. The van der Waals surface area contributed by atoms with E-state index in [1.54, 1.807) is 0 Å². The Bertz CT molecular complexity index is 1600. The second-order valence-electron chi connectivity index (χ2n) is 12.9. The number of hydrogen-bond donors (Lipinski definition) is 0. The number of benzene rings is 2. The van der Waals surface area contributed by atoms with Crippen LogP contribution in [0.25, 0.3) is 0 Å². The number of aromatic nitrogens is 2. The van der Waals surface area contributed by atoms with Crippen molar-refractivity contribution in [3.05, 3.63) is 76.6 Å². The summed E-state index contributed by atoms with van der Waals surface area (Å²) >= 11 is 1.52. The van der Waals surface area contributed by atoms with Gasteiger partial charge < -0.3 is 19.3 Å². The first kappa shape index (κ1) is 41.9. The molecule has 0 bridgehead atoms. The predicted octanol–water partition coefficient (Wildman–Crippen LogP) is 9.85. The fraction of sp³-hybridized carbons (Fsp3) is 0.528. The molecule has 1 aliphatic rings. The van der Waals surface area contributed by atoms with Crippen LogP contribution in [0.3, 0.4) is 0 Å². The van der Waals surface area contributed by atoms with E-state index in [4.69, 9.17) is 9.47 Å². The van der Waals surface area contributed by atoms with Crippen molar-refractivity contribution in [3.63, 3.8) is 0 Å². The lowest BCUT2D eigenvalue weighted by Gasteiger charge is -2.36. The van der Waals surface area contributed by atoms with Crippen molar-refractivity contribution in [2.75, 3.05) is 48.1 Å². The highest BCUT2D eigenvalue weighted by molar-refractivity contribution is 7.98. The van der Waals surface area contributed by atoms with Gasteiger partial charge in [0.05, 0.1) is 48.3 Å². The topological polar surface area (TPSA) is 67.8 Å². The lowest BCUT2D eigenvalue weighted by Crippen LogP contribution is -2.34. The third-order valence-corrected chi connectivity index (χ3v) is 9.88. The molecule has 0 spiro atoms. The molecule has 7 nitrogen and oxygen atoms in total. The van der Waals surface area contributed by atoms with Gasteiger partial charge >= 0.3 is 18.5 Å². The van der Waals surface area contributed by atoms with Crippen LogP contribution < -0.4 is 14.5 Å². The van der Waals surface area contributed by atoms with Gasteiger partial charge in [-0.2, -0.15) is 51.3 Å². The smallest absolute Gasteiger partial charge is 0.416 e. The minimum Gasteiger partial charge on any atom is -0.489 e. The van der Waals surface area contributed by atoms with Crippen LogP contribution in [0, 0.1) is 11.8 Å². The SMILES string of the molecule is CCN(CC1CCC(COC=O)CC1)c1ccc(C(F)(F)F)cc1CN(c1ncc(OCCSC)cn1)[C@@H](C)c1cc(C(F)(F)F)cc(C(F)(F)F)c1. The zero-order chi connectivity index (χ0) is 39.0. The van der Waals surface area contributed by atoms with E-state index in [0.29, 0.717) is 56.3 Å². The van der Waals surface area contributed by atoms with E-state index in [-0.39, 0.29) is 35.2 Å². The first-order chi connectivity index (χ1) is 24.9. The average molecular weight is 781 g/mol. The van der Waals surface area contributed by atoms with Crippen LogP contribution in [0.2, 0.25) is 0 Å². The molecule has 1 saturated carbocycles. The molecule has 0 amide bonds. The number of carbonyl (C=O) groups excluding carboxylic acids is 1. The van der Waals surface area contributed by atoms with E-state index in [1.807, 2.05) is 18.1 Å². The number of rotatable bonds is 16. The van der Waals surface area contributed by atoms with Crippen LogP contribution in [0.1, 0.15) is 73.4 Å². The van der Waals surface area contributed by atoms with E-state index in [2.05, 4.69) is 9.97 Å². The molecule has 17 heteroatoms. The molecule has 292 valence electrons. The second kappa shape index (κ2) is 18.0. The Morgan fingerprint density at radius 2 is 1.45 bits per heavy atom. The number of anilines is 2. The van der Waals surface area contributed by atoms with E-state index in [0.717, 1.165) is 37.8 Å². The molecule has 0 saturated heterocycles. The van der Waals surface area contributed by atoms with Crippen molar-refractivity contribution >= 4 is 29.9 Å². The van der Waals surface area contributed by atoms with Crippen LogP contribution in [-0.4, -0.2) is 54.8 Å². The van der Waals surface area contributed by atoms with Gasteiger partial charge in [0.2, 0.25) is 5.95 Å². The van der Waals surface area contributed by atoms with Gasteiger partial charge in [0.15, 0.2) is 5.75 Å². The Morgan fingerprint density at radius 3 is 1.98 bits per heavy atom. The van der Waals surface area contributed by atoms with Gasteiger partial charge in [-0.25, -0.2) is 9.97 Å². The van der Waals surface area contributed by atoms with Crippen LogP contribution in [-0.2, 0) is 34.6 Å². The number of nitrogens with zero attached hydrogens (tertiary/aromatic N) is 4. The van der Waals surface area contributed by atoms with Crippen molar-refractivity contribution in [1.29, 1.82) is 0 Å². The van der Waals surface area contributed by atoms with Crippen molar-refractivity contribution in [2.45, 2.75) is 70.6 Å². The van der Waals surface area contributed by atoms with Crippen LogP contribution in [0.15, 0.2) is 48.8 Å². The second-order valence-corrected chi connectivity index (χ2v) is 13.9.